The van der Waals surface area contributed by atoms with E-state index < -0.39 is 0 Å². The maximum atomic E-state index is 11.6. The molecule has 0 heterocycles. The summed E-state index contributed by atoms with van der Waals surface area (Å²) >= 11 is 0. The van der Waals surface area contributed by atoms with Gasteiger partial charge < -0.3 is 10.1 Å². The standard InChI is InChI=1S/C11H14N2O2/c1-8(12-15)11(14)9-4-6-10(7-5-9)13(2)3/h4-7,15H,1-3H3. The third-order valence-corrected chi connectivity index (χ3v) is 2.12. The van der Waals surface area contributed by atoms with Crippen LogP contribution in [0.4, 0.5) is 5.69 Å². The number of oxime groups is 1. The van der Waals surface area contributed by atoms with E-state index in [0.29, 0.717) is 5.56 Å². The van der Waals surface area contributed by atoms with Gasteiger partial charge in [0.15, 0.2) is 0 Å². The number of nitrogens with zero attached hydrogens (tertiary/aromatic N) is 2. The molecule has 1 rings (SSSR count). The molecule has 0 spiro atoms. The molecular weight excluding hydrogens is 192 g/mol. The highest BCUT2D eigenvalue weighted by molar-refractivity contribution is 6.45. The van der Waals surface area contributed by atoms with E-state index in [2.05, 4.69) is 5.16 Å². The molecule has 0 fully saturated rings. The smallest absolute Gasteiger partial charge is 0.210 e. The highest BCUT2D eigenvalue weighted by Gasteiger charge is 2.09. The van der Waals surface area contributed by atoms with Crippen molar-refractivity contribution in [3.63, 3.8) is 0 Å². The van der Waals surface area contributed by atoms with Gasteiger partial charge in [-0.2, -0.15) is 0 Å². The van der Waals surface area contributed by atoms with Crippen LogP contribution in [0, 0.1) is 0 Å². The summed E-state index contributed by atoms with van der Waals surface area (Å²) in [6.07, 6.45) is 0. The lowest BCUT2D eigenvalue weighted by Crippen LogP contribution is -2.12. The zero-order chi connectivity index (χ0) is 11.4. The fourth-order valence-corrected chi connectivity index (χ4v) is 1.17. The van der Waals surface area contributed by atoms with Gasteiger partial charge in [-0.05, 0) is 31.2 Å². The summed E-state index contributed by atoms with van der Waals surface area (Å²) in [5.74, 6) is -0.261. The van der Waals surface area contributed by atoms with Crippen LogP contribution in [0.25, 0.3) is 0 Å². The van der Waals surface area contributed by atoms with Gasteiger partial charge in [0.1, 0.15) is 5.71 Å². The summed E-state index contributed by atoms with van der Waals surface area (Å²) in [6.45, 7) is 1.47. The Bertz CT molecular complexity index is 380. The van der Waals surface area contributed by atoms with Crippen LogP contribution in [0.3, 0.4) is 0 Å². The Morgan fingerprint density at radius 3 is 2.20 bits per heavy atom. The fraction of sp³-hybridized carbons (Fsp3) is 0.273. The molecule has 1 aromatic carbocycles. The van der Waals surface area contributed by atoms with Crippen molar-refractivity contribution in [3.05, 3.63) is 29.8 Å². The van der Waals surface area contributed by atoms with Gasteiger partial charge in [-0.3, -0.25) is 4.79 Å². The number of anilines is 1. The lowest BCUT2D eigenvalue weighted by molar-refractivity contribution is 0.106. The molecule has 0 aliphatic rings. The molecule has 4 nitrogen and oxygen atoms in total. The van der Waals surface area contributed by atoms with Gasteiger partial charge >= 0.3 is 0 Å². The maximum Gasteiger partial charge on any atom is 0.210 e. The van der Waals surface area contributed by atoms with Crippen LogP contribution in [0.5, 0.6) is 0 Å². The quantitative estimate of drug-likeness (QED) is 0.355. The summed E-state index contributed by atoms with van der Waals surface area (Å²) in [5, 5.41) is 11.3. The van der Waals surface area contributed by atoms with Crippen molar-refractivity contribution in [2.24, 2.45) is 5.16 Å². The number of hydrogen-bond acceptors (Lipinski definition) is 4. The summed E-state index contributed by atoms with van der Waals surface area (Å²) in [6, 6.07) is 7.12. The average molecular weight is 206 g/mol. The third-order valence-electron chi connectivity index (χ3n) is 2.12. The Morgan fingerprint density at radius 1 is 1.27 bits per heavy atom. The highest BCUT2D eigenvalue weighted by Crippen LogP contribution is 2.12. The number of benzene rings is 1. The normalized spacial score (nSPS) is 11.3. The SMILES string of the molecule is CC(=NO)C(=O)c1ccc(N(C)C)cc1. The Balaban J connectivity index is 2.94. The molecule has 0 amide bonds. The van der Waals surface area contributed by atoms with E-state index in [1.165, 1.54) is 6.92 Å². The molecule has 0 aliphatic heterocycles. The van der Waals surface area contributed by atoms with Crippen molar-refractivity contribution in [3.8, 4) is 0 Å². The van der Waals surface area contributed by atoms with Gasteiger partial charge in [0.25, 0.3) is 0 Å². The molecule has 1 N–H and O–H groups in total. The summed E-state index contributed by atoms with van der Waals surface area (Å²) in [4.78, 5) is 13.5. The second kappa shape index (κ2) is 4.59. The molecule has 15 heavy (non-hydrogen) atoms. The van der Waals surface area contributed by atoms with Crippen molar-refractivity contribution in [1.29, 1.82) is 0 Å². The first-order valence-electron chi connectivity index (χ1n) is 4.57. The van der Waals surface area contributed by atoms with Crippen LogP contribution in [0.15, 0.2) is 29.4 Å². The van der Waals surface area contributed by atoms with E-state index >= 15 is 0 Å². The van der Waals surface area contributed by atoms with E-state index in [1.807, 2.05) is 31.1 Å². The first-order chi connectivity index (χ1) is 7.06. The van der Waals surface area contributed by atoms with Crippen LogP contribution >= 0.6 is 0 Å². The summed E-state index contributed by atoms with van der Waals surface area (Å²) in [7, 11) is 3.86. The van der Waals surface area contributed by atoms with Gasteiger partial charge in [0.2, 0.25) is 5.78 Å². The Kier molecular flexibility index (Phi) is 3.44. The van der Waals surface area contributed by atoms with Crippen LogP contribution in [-0.2, 0) is 0 Å². The molecule has 0 bridgehead atoms. The molecule has 80 valence electrons. The molecule has 0 saturated carbocycles. The summed E-state index contributed by atoms with van der Waals surface area (Å²) in [5.41, 5.74) is 1.63. The number of ketones is 1. The topological polar surface area (TPSA) is 52.9 Å². The van der Waals surface area contributed by atoms with E-state index in [1.54, 1.807) is 12.1 Å². The molecule has 0 aliphatic carbocycles. The third kappa shape index (κ3) is 2.56. The molecule has 1 aromatic rings. The predicted molar refractivity (Wildman–Crippen MR) is 60.0 cm³/mol. The van der Waals surface area contributed by atoms with E-state index in [9.17, 15) is 4.79 Å². The molecular formula is C11H14N2O2. The van der Waals surface area contributed by atoms with Crippen molar-refractivity contribution >= 4 is 17.2 Å². The molecule has 0 unspecified atom stereocenters. The second-order valence-corrected chi connectivity index (χ2v) is 3.46. The van der Waals surface area contributed by atoms with Crippen molar-refractivity contribution < 1.29 is 10.0 Å². The molecule has 0 saturated heterocycles. The Labute approximate surface area is 88.8 Å². The predicted octanol–water partition coefficient (Wildman–Crippen LogP) is 1.79. The van der Waals surface area contributed by atoms with Crippen LogP contribution < -0.4 is 4.90 Å². The lowest BCUT2D eigenvalue weighted by Gasteiger charge is -2.12. The van der Waals surface area contributed by atoms with Crippen molar-refractivity contribution in [2.45, 2.75) is 6.92 Å². The van der Waals surface area contributed by atoms with Crippen LogP contribution in [-0.4, -0.2) is 30.8 Å². The Morgan fingerprint density at radius 2 is 1.80 bits per heavy atom. The first-order valence-corrected chi connectivity index (χ1v) is 4.57. The molecule has 4 heteroatoms. The maximum absolute atomic E-state index is 11.6. The number of rotatable bonds is 3. The Hall–Kier alpha value is -1.84. The zero-order valence-electron chi connectivity index (χ0n) is 9.06. The van der Waals surface area contributed by atoms with E-state index in [4.69, 9.17) is 5.21 Å². The number of hydrogen-bond donors (Lipinski definition) is 1. The second-order valence-electron chi connectivity index (χ2n) is 3.46. The van der Waals surface area contributed by atoms with E-state index in [-0.39, 0.29) is 11.5 Å². The minimum atomic E-state index is -0.261. The first kappa shape index (κ1) is 11.2. The molecule has 0 aromatic heterocycles. The van der Waals surface area contributed by atoms with Crippen LogP contribution in [0.1, 0.15) is 17.3 Å². The molecule has 0 atom stereocenters. The monoisotopic (exact) mass is 206 g/mol. The average Bonchev–Trinajstić information content (AvgIpc) is 2.27. The number of Topliss-reactive ketones (excluding diaryl/α,β-unsaturated/α-hetero) is 1. The van der Waals surface area contributed by atoms with E-state index in [0.717, 1.165) is 5.69 Å². The number of carbonyl (C=O) groups excluding carboxylic acids is 1. The minimum Gasteiger partial charge on any atom is -0.411 e. The highest BCUT2D eigenvalue weighted by atomic mass is 16.4. The van der Waals surface area contributed by atoms with Crippen LogP contribution in [0.2, 0.25) is 0 Å². The fourth-order valence-electron chi connectivity index (χ4n) is 1.17. The van der Waals surface area contributed by atoms with Crippen molar-refractivity contribution in [1.82, 2.24) is 0 Å². The van der Waals surface area contributed by atoms with Crippen molar-refractivity contribution in [2.75, 3.05) is 19.0 Å². The van der Waals surface area contributed by atoms with Gasteiger partial charge in [0, 0.05) is 25.3 Å². The lowest BCUT2D eigenvalue weighted by atomic mass is 10.1. The largest absolute Gasteiger partial charge is 0.411 e. The summed E-state index contributed by atoms with van der Waals surface area (Å²) < 4.78 is 0. The zero-order valence-corrected chi connectivity index (χ0v) is 9.06. The molecule has 0 radical (unpaired) electrons. The van der Waals surface area contributed by atoms with Gasteiger partial charge in [-0.25, -0.2) is 0 Å². The van der Waals surface area contributed by atoms with Gasteiger partial charge in [0.05, 0.1) is 0 Å². The minimum absolute atomic E-state index is 0.0904. The van der Waals surface area contributed by atoms with Gasteiger partial charge in [-0.15, -0.1) is 0 Å². The number of carbonyl (C=O) groups is 1. The van der Waals surface area contributed by atoms with Gasteiger partial charge in [-0.1, -0.05) is 5.16 Å².